The standard InChI is InChI=1S/C12H10N2O4/c1-18-11-7-8(14(16)17)4-5-9(11)10-3-2-6-13-12(10)15/h2-7,10H,1H3. The van der Waals surface area contributed by atoms with Crippen molar-refractivity contribution in [3.8, 4) is 5.75 Å². The van der Waals surface area contributed by atoms with Gasteiger partial charge in [-0.3, -0.25) is 14.9 Å². The van der Waals surface area contributed by atoms with E-state index in [1.807, 2.05) is 0 Å². The molecule has 0 fully saturated rings. The van der Waals surface area contributed by atoms with Gasteiger partial charge in [-0.1, -0.05) is 6.08 Å². The van der Waals surface area contributed by atoms with Crippen LogP contribution >= 0.6 is 0 Å². The Labute approximate surface area is 103 Å². The third-order valence-corrected chi connectivity index (χ3v) is 2.62. The first kappa shape index (κ1) is 12.0. The van der Waals surface area contributed by atoms with Gasteiger partial charge in [0.1, 0.15) is 5.75 Å². The second kappa shape index (κ2) is 4.79. The van der Waals surface area contributed by atoms with Gasteiger partial charge >= 0.3 is 0 Å². The number of nitro groups is 1. The fraction of sp³-hybridized carbons (Fsp3) is 0.167. The van der Waals surface area contributed by atoms with E-state index in [0.717, 1.165) is 0 Å². The first-order valence-electron chi connectivity index (χ1n) is 5.20. The van der Waals surface area contributed by atoms with E-state index in [-0.39, 0.29) is 11.6 Å². The molecule has 1 amide bonds. The number of methoxy groups -OCH3 is 1. The van der Waals surface area contributed by atoms with Crippen molar-refractivity contribution in [2.45, 2.75) is 5.92 Å². The van der Waals surface area contributed by atoms with E-state index in [4.69, 9.17) is 4.74 Å². The van der Waals surface area contributed by atoms with Crippen LogP contribution in [0.1, 0.15) is 11.5 Å². The Hall–Kier alpha value is -2.50. The van der Waals surface area contributed by atoms with Crippen molar-refractivity contribution in [3.05, 3.63) is 46.0 Å². The lowest BCUT2D eigenvalue weighted by Crippen LogP contribution is -2.12. The molecule has 2 rings (SSSR count). The van der Waals surface area contributed by atoms with Crippen molar-refractivity contribution >= 4 is 17.8 Å². The molecule has 1 aliphatic heterocycles. The van der Waals surface area contributed by atoms with Crippen LogP contribution in [-0.4, -0.2) is 24.2 Å². The van der Waals surface area contributed by atoms with Gasteiger partial charge in [0, 0.05) is 17.8 Å². The summed E-state index contributed by atoms with van der Waals surface area (Å²) in [6.45, 7) is 0. The van der Waals surface area contributed by atoms with Crippen LogP contribution in [0.5, 0.6) is 5.75 Å². The van der Waals surface area contributed by atoms with Gasteiger partial charge in [0.25, 0.3) is 11.6 Å². The number of amides is 1. The largest absolute Gasteiger partial charge is 0.496 e. The van der Waals surface area contributed by atoms with Gasteiger partial charge in [-0.2, -0.15) is 0 Å². The molecule has 6 heteroatoms. The SMILES string of the molecule is COc1cc([N+](=O)[O-])ccc1C1C=CC=NC1=O. The van der Waals surface area contributed by atoms with E-state index < -0.39 is 10.8 Å². The molecule has 0 spiro atoms. The highest BCUT2D eigenvalue weighted by Gasteiger charge is 2.23. The lowest BCUT2D eigenvalue weighted by Gasteiger charge is -2.14. The number of benzene rings is 1. The number of hydrogen-bond donors (Lipinski definition) is 0. The molecule has 0 aliphatic carbocycles. The van der Waals surface area contributed by atoms with Gasteiger partial charge in [0.05, 0.1) is 24.0 Å². The maximum atomic E-state index is 11.6. The molecule has 6 nitrogen and oxygen atoms in total. The Morgan fingerprint density at radius 3 is 2.83 bits per heavy atom. The summed E-state index contributed by atoms with van der Waals surface area (Å²) in [6.07, 6.45) is 4.75. The molecule has 1 aliphatic rings. The molecule has 1 atom stereocenters. The summed E-state index contributed by atoms with van der Waals surface area (Å²) < 4.78 is 5.10. The third kappa shape index (κ3) is 2.13. The van der Waals surface area contributed by atoms with E-state index in [1.165, 1.54) is 31.5 Å². The smallest absolute Gasteiger partial charge is 0.273 e. The number of ether oxygens (including phenoxy) is 1. The summed E-state index contributed by atoms with van der Waals surface area (Å²) >= 11 is 0. The van der Waals surface area contributed by atoms with Gasteiger partial charge in [0.15, 0.2) is 0 Å². The van der Waals surface area contributed by atoms with Gasteiger partial charge in [0.2, 0.25) is 0 Å². The number of non-ortho nitro benzene ring substituents is 1. The maximum absolute atomic E-state index is 11.6. The van der Waals surface area contributed by atoms with Gasteiger partial charge in [-0.15, -0.1) is 0 Å². The lowest BCUT2D eigenvalue weighted by atomic mass is 9.95. The molecule has 1 heterocycles. The molecule has 0 saturated carbocycles. The molecule has 0 N–H and O–H groups in total. The van der Waals surface area contributed by atoms with Crippen LogP contribution in [0, 0.1) is 10.1 Å². The van der Waals surface area contributed by atoms with Crippen LogP contribution in [0.4, 0.5) is 5.69 Å². The molecule has 0 aromatic heterocycles. The van der Waals surface area contributed by atoms with Crippen molar-refractivity contribution in [2.75, 3.05) is 7.11 Å². The van der Waals surface area contributed by atoms with Crippen LogP contribution in [0.2, 0.25) is 0 Å². The van der Waals surface area contributed by atoms with Crippen LogP contribution in [0.3, 0.4) is 0 Å². The van der Waals surface area contributed by atoms with Gasteiger partial charge in [-0.25, -0.2) is 4.99 Å². The van der Waals surface area contributed by atoms with E-state index in [1.54, 1.807) is 12.2 Å². The Bertz CT molecular complexity index is 563. The summed E-state index contributed by atoms with van der Waals surface area (Å²) in [5, 5.41) is 10.7. The number of nitrogens with zero attached hydrogens (tertiary/aromatic N) is 2. The minimum Gasteiger partial charge on any atom is -0.496 e. The van der Waals surface area contributed by atoms with E-state index >= 15 is 0 Å². The van der Waals surface area contributed by atoms with Gasteiger partial charge in [-0.05, 0) is 12.1 Å². The topological polar surface area (TPSA) is 81.8 Å². The first-order valence-corrected chi connectivity index (χ1v) is 5.20. The van der Waals surface area contributed by atoms with E-state index in [9.17, 15) is 14.9 Å². The summed E-state index contributed by atoms with van der Waals surface area (Å²) in [6, 6.07) is 4.16. The molecule has 0 radical (unpaired) electrons. The molecule has 0 bridgehead atoms. The molecule has 1 aromatic rings. The monoisotopic (exact) mass is 246 g/mol. The zero-order valence-electron chi connectivity index (χ0n) is 9.57. The highest BCUT2D eigenvalue weighted by atomic mass is 16.6. The maximum Gasteiger partial charge on any atom is 0.273 e. The number of dihydropyridines is 1. The van der Waals surface area contributed by atoms with E-state index in [0.29, 0.717) is 11.3 Å². The van der Waals surface area contributed by atoms with Crippen molar-refractivity contribution < 1.29 is 14.5 Å². The Morgan fingerprint density at radius 2 is 2.22 bits per heavy atom. The number of carbonyl (C=O) groups is 1. The third-order valence-electron chi connectivity index (χ3n) is 2.62. The van der Waals surface area contributed by atoms with Crippen LogP contribution in [0.15, 0.2) is 35.3 Å². The molecule has 92 valence electrons. The number of rotatable bonds is 3. The highest BCUT2D eigenvalue weighted by Crippen LogP contribution is 2.32. The number of aliphatic imine (C=N–C) groups is 1. The van der Waals surface area contributed by atoms with Gasteiger partial charge < -0.3 is 4.74 Å². The minimum atomic E-state index is -0.550. The zero-order chi connectivity index (χ0) is 13.1. The van der Waals surface area contributed by atoms with E-state index in [2.05, 4.69) is 4.99 Å². The van der Waals surface area contributed by atoms with Crippen molar-refractivity contribution in [3.63, 3.8) is 0 Å². The molecule has 18 heavy (non-hydrogen) atoms. The predicted octanol–water partition coefficient (Wildman–Crippen LogP) is 1.85. The number of nitro benzene ring substituents is 1. The minimum absolute atomic E-state index is 0.0775. The molecule has 1 unspecified atom stereocenters. The Balaban J connectivity index is 2.45. The Morgan fingerprint density at radius 1 is 1.44 bits per heavy atom. The fourth-order valence-electron chi connectivity index (χ4n) is 1.75. The van der Waals surface area contributed by atoms with Crippen LogP contribution in [0.25, 0.3) is 0 Å². The summed E-state index contributed by atoms with van der Waals surface area (Å²) in [5.74, 6) is -0.556. The average molecular weight is 246 g/mol. The van der Waals surface area contributed by atoms with Crippen LogP contribution < -0.4 is 4.74 Å². The Kier molecular flexibility index (Phi) is 3.18. The van der Waals surface area contributed by atoms with Crippen molar-refractivity contribution in [1.82, 2.24) is 0 Å². The summed E-state index contributed by atoms with van der Waals surface area (Å²) in [7, 11) is 1.41. The normalized spacial score (nSPS) is 17.8. The molecule has 0 saturated heterocycles. The van der Waals surface area contributed by atoms with Crippen LogP contribution in [-0.2, 0) is 4.79 Å². The van der Waals surface area contributed by atoms with Crippen molar-refractivity contribution in [1.29, 1.82) is 0 Å². The summed E-state index contributed by atoms with van der Waals surface area (Å²) in [4.78, 5) is 25.5. The zero-order valence-corrected chi connectivity index (χ0v) is 9.57. The average Bonchev–Trinajstić information content (AvgIpc) is 2.38. The fourth-order valence-corrected chi connectivity index (χ4v) is 1.75. The van der Waals surface area contributed by atoms with Crippen molar-refractivity contribution in [2.24, 2.45) is 4.99 Å². The number of allylic oxidation sites excluding steroid dienone is 1. The molecular weight excluding hydrogens is 236 g/mol. The number of carbonyl (C=O) groups excluding carboxylic acids is 1. The quantitative estimate of drug-likeness (QED) is 0.602. The second-order valence-corrected chi connectivity index (χ2v) is 3.66. The summed E-state index contributed by atoms with van der Waals surface area (Å²) in [5.41, 5.74) is 0.493. The number of hydrogen-bond acceptors (Lipinski definition) is 4. The molecular formula is C12H10N2O4. The predicted molar refractivity (Wildman–Crippen MR) is 65.0 cm³/mol. The lowest BCUT2D eigenvalue weighted by molar-refractivity contribution is -0.384. The first-order chi connectivity index (χ1) is 8.63. The molecule has 1 aromatic carbocycles. The highest BCUT2D eigenvalue weighted by molar-refractivity contribution is 5.97. The second-order valence-electron chi connectivity index (χ2n) is 3.66.